The van der Waals surface area contributed by atoms with E-state index in [-0.39, 0.29) is 11.2 Å². The Morgan fingerprint density at radius 2 is 1.44 bits per heavy atom. The Morgan fingerprint density at radius 3 is 2.04 bits per heavy atom. The van der Waals surface area contributed by atoms with Crippen molar-refractivity contribution in [1.82, 2.24) is 5.12 Å². The number of hydrogen-bond donors (Lipinski definition) is 1. The summed E-state index contributed by atoms with van der Waals surface area (Å²) in [6.07, 6.45) is 0.778. The molecule has 1 atom stereocenters. The zero-order chi connectivity index (χ0) is 18.6. The number of hydrazine groups is 1. The maximum absolute atomic E-state index is 6.12. The van der Waals surface area contributed by atoms with Crippen molar-refractivity contribution in [2.24, 2.45) is 10.8 Å². The topological polar surface area (TPSA) is 44.9 Å². The minimum Gasteiger partial charge on any atom is -0.374 e. The first kappa shape index (κ1) is 17.2. The SMILES string of the molecule is NC(=S)N(c1ccccc1)N1N=C(c2ccccc2)CC1c1ccccc1. The normalized spacial score (nSPS) is 16.1. The third kappa shape index (κ3) is 3.55. The van der Waals surface area contributed by atoms with Gasteiger partial charge < -0.3 is 5.73 Å². The highest BCUT2D eigenvalue weighted by molar-refractivity contribution is 7.80. The van der Waals surface area contributed by atoms with E-state index >= 15 is 0 Å². The fourth-order valence-electron chi connectivity index (χ4n) is 3.33. The molecule has 0 radical (unpaired) electrons. The highest BCUT2D eigenvalue weighted by atomic mass is 32.1. The fraction of sp³-hybridized carbons (Fsp3) is 0.0909. The maximum Gasteiger partial charge on any atom is 0.191 e. The zero-order valence-electron chi connectivity index (χ0n) is 14.8. The molecule has 0 spiro atoms. The molecular formula is C22H20N4S. The molecule has 3 aromatic carbocycles. The van der Waals surface area contributed by atoms with Crippen LogP contribution in [0.1, 0.15) is 23.6 Å². The van der Waals surface area contributed by atoms with Crippen LogP contribution in [-0.4, -0.2) is 15.9 Å². The molecular weight excluding hydrogens is 352 g/mol. The van der Waals surface area contributed by atoms with Crippen LogP contribution < -0.4 is 10.7 Å². The minimum absolute atomic E-state index is 0.0168. The summed E-state index contributed by atoms with van der Waals surface area (Å²) in [5.41, 5.74) is 10.3. The highest BCUT2D eigenvalue weighted by Gasteiger charge is 2.34. The van der Waals surface area contributed by atoms with E-state index in [1.807, 2.05) is 76.9 Å². The Bertz CT molecular complexity index is 942. The second-order valence-corrected chi connectivity index (χ2v) is 6.77. The molecule has 4 rings (SSSR count). The van der Waals surface area contributed by atoms with E-state index in [0.29, 0.717) is 0 Å². The van der Waals surface area contributed by atoms with Crippen LogP contribution >= 0.6 is 12.2 Å². The van der Waals surface area contributed by atoms with Crippen molar-refractivity contribution in [3.63, 3.8) is 0 Å². The van der Waals surface area contributed by atoms with Crippen LogP contribution in [0, 0.1) is 0 Å². The second kappa shape index (κ2) is 7.60. The molecule has 0 amide bonds. The van der Waals surface area contributed by atoms with Gasteiger partial charge in [-0.3, -0.25) is 0 Å². The van der Waals surface area contributed by atoms with Gasteiger partial charge in [0.05, 0.1) is 11.4 Å². The molecule has 0 fully saturated rings. The molecule has 2 N–H and O–H groups in total. The Morgan fingerprint density at radius 1 is 0.889 bits per heavy atom. The van der Waals surface area contributed by atoms with Crippen LogP contribution in [0.4, 0.5) is 5.69 Å². The van der Waals surface area contributed by atoms with Crippen molar-refractivity contribution in [2.75, 3.05) is 5.01 Å². The van der Waals surface area contributed by atoms with Crippen molar-refractivity contribution in [3.05, 3.63) is 102 Å². The molecule has 3 aromatic rings. The molecule has 134 valence electrons. The molecule has 27 heavy (non-hydrogen) atoms. The Kier molecular flexibility index (Phi) is 4.85. The highest BCUT2D eigenvalue weighted by Crippen LogP contribution is 2.35. The third-order valence-electron chi connectivity index (χ3n) is 4.59. The number of nitrogens with zero attached hydrogens (tertiary/aromatic N) is 3. The molecule has 1 heterocycles. The maximum atomic E-state index is 6.12. The lowest BCUT2D eigenvalue weighted by Gasteiger charge is -2.35. The molecule has 0 saturated carbocycles. The number of rotatable bonds is 4. The number of nitrogens with two attached hydrogens (primary N) is 1. The van der Waals surface area contributed by atoms with E-state index in [2.05, 4.69) is 24.3 Å². The quantitative estimate of drug-likeness (QED) is 0.685. The first-order valence-corrected chi connectivity index (χ1v) is 9.26. The molecule has 5 heteroatoms. The average Bonchev–Trinajstić information content (AvgIpc) is 3.15. The van der Waals surface area contributed by atoms with Gasteiger partial charge in [-0.1, -0.05) is 78.9 Å². The molecule has 0 bridgehead atoms. The van der Waals surface area contributed by atoms with Gasteiger partial charge in [0.2, 0.25) is 0 Å². The van der Waals surface area contributed by atoms with Crippen LogP contribution in [0.3, 0.4) is 0 Å². The van der Waals surface area contributed by atoms with Gasteiger partial charge in [0.1, 0.15) is 6.04 Å². The lowest BCUT2D eigenvalue weighted by Crippen LogP contribution is -2.46. The van der Waals surface area contributed by atoms with Crippen LogP contribution in [0.25, 0.3) is 0 Å². The summed E-state index contributed by atoms with van der Waals surface area (Å²) < 4.78 is 0. The number of hydrogen-bond acceptors (Lipinski definition) is 3. The number of benzene rings is 3. The fourth-order valence-corrected chi connectivity index (χ4v) is 3.52. The van der Waals surface area contributed by atoms with Crippen molar-refractivity contribution in [1.29, 1.82) is 0 Å². The van der Waals surface area contributed by atoms with Gasteiger partial charge in [0, 0.05) is 6.42 Å². The second-order valence-electron chi connectivity index (χ2n) is 6.35. The average molecular weight is 372 g/mol. The van der Waals surface area contributed by atoms with E-state index < -0.39 is 0 Å². The van der Waals surface area contributed by atoms with E-state index in [9.17, 15) is 0 Å². The van der Waals surface area contributed by atoms with E-state index in [4.69, 9.17) is 23.1 Å². The van der Waals surface area contributed by atoms with Gasteiger partial charge in [-0.25, -0.2) is 5.01 Å². The Balaban J connectivity index is 1.79. The Hall–Kier alpha value is -3.18. The summed E-state index contributed by atoms with van der Waals surface area (Å²) in [6, 6.07) is 30.5. The van der Waals surface area contributed by atoms with E-state index in [0.717, 1.165) is 23.4 Å². The van der Waals surface area contributed by atoms with Crippen LogP contribution in [-0.2, 0) is 0 Å². The van der Waals surface area contributed by atoms with Crippen molar-refractivity contribution in [3.8, 4) is 0 Å². The number of thiocarbonyl (C=S) groups is 1. The van der Waals surface area contributed by atoms with Gasteiger partial charge >= 0.3 is 0 Å². The summed E-state index contributed by atoms with van der Waals surface area (Å²) in [6.45, 7) is 0. The molecule has 4 nitrogen and oxygen atoms in total. The Labute approximate surface area is 164 Å². The lowest BCUT2D eigenvalue weighted by molar-refractivity contribution is 0.243. The monoisotopic (exact) mass is 372 g/mol. The van der Waals surface area contributed by atoms with Crippen LogP contribution in [0.2, 0.25) is 0 Å². The molecule has 1 unspecified atom stereocenters. The van der Waals surface area contributed by atoms with Crippen molar-refractivity contribution >= 4 is 28.7 Å². The summed E-state index contributed by atoms with van der Waals surface area (Å²) in [7, 11) is 0. The van der Waals surface area contributed by atoms with Crippen LogP contribution in [0.15, 0.2) is 96.1 Å². The van der Waals surface area contributed by atoms with Gasteiger partial charge in [0.25, 0.3) is 0 Å². The molecule has 0 saturated heterocycles. The van der Waals surface area contributed by atoms with Gasteiger partial charge in [0.15, 0.2) is 5.11 Å². The summed E-state index contributed by atoms with van der Waals surface area (Å²) in [5.74, 6) is 0. The molecule has 0 aromatic heterocycles. The van der Waals surface area contributed by atoms with E-state index in [1.165, 1.54) is 5.56 Å². The largest absolute Gasteiger partial charge is 0.374 e. The summed E-state index contributed by atoms with van der Waals surface area (Å²) in [5, 5.41) is 8.91. The van der Waals surface area contributed by atoms with Gasteiger partial charge in [-0.2, -0.15) is 10.2 Å². The number of hydrazone groups is 1. The van der Waals surface area contributed by atoms with Crippen molar-refractivity contribution < 1.29 is 0 Å². The molecule has 1 aliphatic heterocycles. The number of anilines is 1. The lowest BCUT2D eigenvalue weighted by atomic mass is 9.99. The van der Waals surface area contributed by atoms with E-state index in [1.54, 1.807) is 0 Å². The third-order valence-corrected chi connectivity index (χ3v) is 4.77. The summed E-state index contributed by atoms with van der Waals surface area (Å²) in [4.78, 5) is 0. The van der Waals surface area contributed by atoms with Crippen LogP contribution in [0.5, 0.6) is 0 Å². The molecule has 0 aliphatic carbocycles. The van der Waals surface area contributed by atoms with Crippen molar-refractivity contribution in [2.45, 2.75) is 12.5 Å². The summed E-state index contributed by atoms with van der Waals surface area (Å²) >= 11 is 5.39. The standard InChI is InChI=1S/C22H20N4S/c23-22(27)25(19-14-8-3-9-15-19)26-21(18-12-6-2-7-13-18)16-20(24-26)17-10-4-1-5-11-17/h1-15,21H,16H2,(H2,23,27). The van der Waals surface area contributed by atoms with Gasteiger partial charge in [-0.05, 0) is 35.5 Å². The predicted molar refractivity (Wildman–Crippen MR) is 114 cm³/mol. The zero-order valence-corrected chi connectivity index (χ0v) is 15.6. The first-order valence-electron chi connectivity index (χ1n) is 8.85. The number of para-hydroxylation sites is 1. The first-order chi connectivity index (χ1) is 13.2. The minimum atomic E-state index is 0.0168. The van der Waals surface area contributed by atoms with Gasteiger partial charge in [-0.15, -0.1) is 0 Å². The smallest absolute Gasteiger partial charge is 0.191 e. The molecule has 1 aliphatic rings. The predicted octanol–water partition coefficient (Wildman–Crippen LogP) is 4.50.